The van der Waals surface area contributed by atoms with Crippen molar-refractivity contribution >= 4 is 39.7 Å². The molecule has 0 amide bonds. The van der Waals surface area contributed by atoms with Crippen LogP contribution in [0.3, 0.4) is 0 Å². The second-order valence-corrected chi connectivity index (χ2v) is 25.8. The topological polar surface area (TPSA) is 65.0 Å². The molecule has 0 bridgehead atoms. The first-order valence-electron chi connectivity index (χ1n) is 8.74. The molecule has 0 aromatic rings. The van der Waals surface area contributed by atoms with Crippen molar-refractivity contribution in [1.29, 1.82) is 0 Å². The third kappa shape index (κ3) is 12.7. The molecule has 0 aromatic carbocycles. The summed E-state index contributed by atoms with van der Waals surface area (Å²) >= 11 is 0. The van der Waals surface area contributed by atoms with E-state index in [1.165, 1.54) is 0 Å². The van der Waals surface area contributed by atoms with Crippen LogP contribution in [-0.4, -0.2) is 51.0 Å². The second-order valence-electron chi connectivity index (χ2n) is 9.17. The lowest BCUT2D eigenvalue weighted by molar-refractivity contribution is -0.132. The van der Waals surface area contributed by atoms with Crippen molar-refractivity contribution in [3.8, 4) is 0 Å². The van der Waals surface area contributed by atoms with Gasteiger partial charge in [0.2, 0.25) is 0 Å². The third-order valence-corrected chi connectivity index (χ3v) is 16.3. The summed E-state index contributed by atoms with van der Waals surface area (Å²) in [5.41, 5.74) is -0.112. The second kappa shape index (κ2) is 9.05. The van der Waals surface area contributed by atoms with Gasteiger partial charge in [0, 0.05) is 18.0 Å². The highest BCUT2D eigenvalue weighted by atomic mass is 28.5. The van der Waals surface area contributed by atoms with E-state index in [-0.39, 0.29) is 17.7 Å². The zero-order valence-corrected chi connectivity index (χ0v) is 21.5. The van der Waals surface area contributed by atoms with Gasteiger partial charge >= 0.3 is 21.0 Å². The van der Waals surface area contributed by atoms with E-state index in [1.807, 2.05) is 39.3 Å². The number of hydrogen-bond acceptors (Lipinski definition) is 4. The minimum absolute atomic E-state index is 0.112. The highest BCUT2D eigenvalue weighted by Gasteiger charge is 2.52. The van der Waals surface area contributed by atoms with E-state index in [4.69, 9.17) is 12.3 Å². The molecule has 0 spiro atoms. The van der Waals surface area contributed by atoms with Crippen molar-refractivity contribution in [2.24, 2.45) is 0 Å². The van der Waals surface area contributed by atoms with Crippen molar-refractivity contribution < 1.29 is 35.4 Å². The molecule has 5 nitrogen and oxygen atoms in total. The molecule has 0 aliphatic rings. The highest BCUT2D eigenvalue weighted by molar-refractivity contribution is 6.90. The Morgan fingerprint density at radius 2 is 1.33 bits per heavy atom. The summed E-state index contributed by atoms with van der Waals surface area (Å²) < 4.78 is 57.0. The van der Waals surface area contributed by atoms with Crippen molar-refractivity contribution in [3.63, 3.8) is 0 Å². The monoisotopic (exact) mass is 462 g/mol. The molecule has 0 heterocycles. The maximum Gasteiger partial charge on any atom is 0.474 e. The fraction of sp³-hybridized carbons (Fsp3) is 0.800. The van der Waals surface area contributed by atoms with Crippen molar-refractivity contribution in [2.75, 3.05) is 0 Å². The molecule has 0 aliphatic heterocycles. The van der Waals surface area contributed by atoms with E-state index in [9.17, 15) is 23.1 Å². The van der Waals surface area contributed by atoms with Crippen molar-refractivity contribution in [3.05, 3.63) is 12.2 Å². The standard InChI is InChI=1S/C15H33F3O5Si4/c1-13(14(19)20)12-27(21-24(2,3)4,22-25(5,6)7)23-26(8,9)11-10-15(16,17)18/h1,10-12H2,2-9H3,(H,19,20). The van der Waals surface area contributed by atoms with E-state index in [0.29, 0.717) is 0 Å². The smallest absolute Gasteiger partial charge is 0.474 e. The lowest BCUT2D eigenvalue weighted by Crippen LogP contribution is -2.61. The SMILES string of the molecule is C=C(C[Si](O[Si](C)(C)C)(O[Si](C)(C)C)O[Si](C)(C)CCC(F)(F)F)C(=O)O. The first kappa shape index (κ1) is 26.7. The van der Waals surface area contributed by atoms with Crippen LogP contribution in [0.1, 0.15) is 6.42 Å². The number of hydrogen-bond donors (Lipinski definition) is 1. The zero-order valence-electron chi connectivity index (χ0n) is 17.5. The van der Waals surface area contributed by atoms with Crippen LogP contribution in [0.25, 0.3) is 0 Å². The molecule has 0 saturated heterocycles. The number of carbonyl (C=O) groups is 1. The van der Waals surface area contributed by atoms with Crippen molar-refractivity contribution in [2.45, 2.75) is 77.1 Å². The van der Waals surface area contributed by atoms with Gasteiger partial charge in [-0.25, -0.2) is 4.79 Å². The van der Waals surface area contributed by atoms with Crippen LogP contribution in [0.4, 0.5) is 13.2 Å². The summed E-state index contributed by atoms with van der Waals surface area (Å²) in [5, 5.41) is 9.29. The number of rotatable bonds is 11. The Kier molecular flexibility index (Phi) is 8.96. The maximum atomic E-state index is 12.7. The first-order chi connectivity index (χ1) is 11.7. The van der Waals surface area contributed by atoms with Gasteiger partial charge < -0.3 is 17.5 Å². The molecule has 0 unspecified atom stereocenters. The Labute approximate surface area is 164 Å². The van der Waals surface area contributed by atoms with Crippen LogP contribution in [0, 0.1) is 0 Å². The lowest BCUT2D eigenvalue weighted by atomic mass is 10.4. The van der Waals surface area contributed by atoms with E-state index < -0.39 is 52.3 Å². The molecule has 27 heavy (non-hydrogen) atoms. The van der Waals surface area contributed by atoms with Crippen LogP contribution in [0.2, 0.25) is 64.5 Å². The quantitative estimate of drug-likeness (QED) is 0.327. The fourth-order valence-electron chi connectivity index (χ4n) is 2.36. The van der Waals surface area contributed by atoms with Gasteiger partial charge in [0.25, 0.3) is 0 Å². The summed E-state index contributed by atoms with van der Waals surface area (Å²) in [4.78, 5) is 11.4. The molecule has 160 valence electrons. The molecule has 1 N–H and O–H groups in total. The molecule has 0 fully saturated rings. The maximum absolute atomic E-state index is 12.7. The Morgan fingerprint density at radius 3 is 1.63 bits per heavy atom. The number of halogens is 3. The van der Waals surface area contributed by atoms with Crippen LogP contribution >= 0.6 is 0 Å². The summed E-state index contributed by atoms with van der Waals surface area (Å²) in [6, 6.07) is -0.270. The zero-order chi connectivity index (χ0) is 21.9. The number of carboxylic acid groups (broad SMARTS) is 1. The van der Waals surface area contributed by atoms with Gasteiger partial charge in [-0.05, 0) is 58.4 Å². The van der Waals surface area contributed by atoms with E-state index in [1.54, 1.807) is 13.1 Å². The van der Waals surface area contributed by atoms with Crippen LogP contribution < -0.4 is 0 Å². The Balaban J connectivity index is 5.93. The Hall–Kier alpha value is -0.252. The molecular weight excluding hydrogens is 429 g/mol. The van der Waals surface area contributed by atoms with Crippen LogP contribution in [-0.2, 0) is 17.1 Å². The Bertz CT molecular complexity index is 523. The van der Waals surface area contributed by atoms with Gasteiger partial charge in [-0.15, -0.1) is 0 Å². The largest absolute Gasteiger partial charge is 0.478 e. The van der Waals surface area contributed by atoms with Gasteiger partial charge in [-0.1, -0.05) is 6.58 Å². The summed E-state index contributed by atoms with van der Waals surface area (Å²) in [7, 11) is -10.9. The molecule has 12 heteroatoms. The summed E-state index contributed by atoms with van der Waals surface area (Å²) in [6.07, 6.45) is -5.22. The number of carboxylic acids is 1. The molecule has 0 atom stereocenters. The molecule has 0 saturated carbocycles. The predicted molar refractivity (Wildman–Crippen MR) is 110 cm³/mol. The predicted octanol–water partition coefficient (Wildman–Crippen LogP) is 5.44. The Morgan fingerprint density at radius 1 is 0.926 bits per heavy atom. The first-order valence-corrected chi connectivity index (χ1v) is 20.6. The number of aliphatic carboxylic acids is 1. The average molecular weight is 463 g/mol. The highest BCUT2D eigenvalue weighted by Crippen LogP contribution is 2.34. The van der Waals surface area contributed by atoms with Gasteiger partial charge in [-0.3, -0.25) is 0 Å². The third-order valence-electron chi connectivity index (χ3n) is 3.10. The number of alkyl halides is 3. The normalized spacial score (nSPS) is 14.3. The van der Waals surface area contributed by atoms with E-state index in [2.05, 4.69) is 6.58 Å². The minimum atomic E-state index is -4.28. The summed E-state index contributed by atoms with van der Waals surface area (Å²) in [5.74, 6) is -1.19. The molecule has 0 aliphatic carbocycles. The molecule has 0 aromatic heterocycles. The molecular formula is C15H33F3O5Si4. The van der Waals surface area contributed by atoms with Crippen LogP contribution in [0.15, 0.2) is 12.2 Å². The van der Waals surface area contributed by atoms with Gasteiger partial charge in [0.15, 0.2) is 25.0 Å². The molecule has 0 rings (SSSR count). The van der Waals surface area contributed by atoms with Crippen LogP contribution in [0.5, 0.6) is 0 Å². The lowest BCUT2D eigenvalue weighted by Gasteiger charge is -2.43. The average Bonchev–Trinajstić information content (AvgIpc) is 2.29. The molecule has 0 radical (unpaired) electrons. The van der Waals surface area contributed by atoms with Gasteiger partial charge in [-0.2, -0.15) is 13.2 Å². The minimum Gasteiger partial charge on any atom is -0.478 e. The van der Waals surface area contributed by atoms with Gasteiger partial charge in [0.05, 0.1) is 0 Å². The van der Waals surface area contributed by atoms with Crippen molar-refractivity contribution in [1.82, 2.24) is 0 Å². The van der Waals surface area contributed by atoms with E-state index in [0.717, 1.165) is 0 Å². The van der Waals surface area contributed by atoms with Gasteiger partial charge in [0.1, 0.15) is 0 Å². The summed E-state index contributed by atoms with van der Waals surface area (Å²) in [6.45, 7) is 18.4. The van der Waals surface area contributed by atoms with E-state index >= 15 is 0 Å². The fourth-order valence-corrected chi connectivity index (χ4v) is 17.6.